The molecular formula is C14H24N4O3. The van der Waals surface area contributed by atoms with Gasteiger partial charge >= 0.3 is 5.97 Å². The molecule has 0 spiro atoms. The molecule has 1 aliphatic heterocycles. The van der Waals surface area contributed by atoms with E-state index in [1.165, 1.54) is 0 Å². The van der Waals surface area contributed by atoms with Crippen molar-refractivity contribution in [3.05, 3.63) is 12.2 Å². The lowest BCUT2D eigenvalue weighted by Gasteiger charge is -2.31. The highest BCUT2D eigenvalue weighted by molar-refractivity contribution is 5.66. The number of hydrogen-bond acceptors (Lipinski definition) is 5. The number of piperidine rings is 1. The van der Waals surface area contributed by atoms with E-state index in [1.54, 1.807) is 6.33 Å². The van der Waals surface area contributed by atoms with Crippen molar-refractivity contribution in [3.63, 3.8) is 0 Å². The Balaban J connectivity index is 1.71. The summed E-state index contributed by atoms with van der Waals surface area (Å²) in [6.45, 7) is 6.08. The molecule has 1 fully saturated rings. The van der Waals surface area contributed by atoms with E-state index in [2.05, 4.69) is 21.9 Å². The Morgan fingerprint density at radius 3 is 2.90 bits per heavy atom. The van der Waals surface area contributed by atoms with E-state index in [-0.39, 0.29) is 12.5 Å². The van der Waals surface area contributed by atoms with Gasteiger partial charge in [-0.3, -0.25) is 9.69 Å². The van der Waals surface area contributed by atoms with Gasteiger partial charge in [0, 0.05) is 19.6 Å². The maximum atomic E-state index is 10.5. The first kappa shape index (κ1) is 15.9. The van der Waals surface area contributed by atoms with Crippen LogP contribution in [0, 0.1) is 0 Å². The van der Waals surface area contributed by atoms with Gasteiger partial charge in [0.25, 0.3) is 0 Å². The van der Waals surface area contributed by atoms with E-state index in [1.807, 2.05) is 4.68 Å². The second-order valence-corrected chi connectivity index (χ2v) is 5.39. The molecule has 21 heavy (non-hydrogen) atoms. The number of aryl methyl sites for hydroxylation is 1. The molecule has 0 radical (unpaired) electrons. The minimum Gasteiger partial charge on any atom is -0.481 e. The van der Waals surface area contributed by atoms with Gasteiger partial charge in [-0.15, -0.1) is 0 Å². The van der Waals surface area contributed by atoms with Crippen LogP contribution in [0.25, 0.3) is 0 Å². The molecule has 0 aliphatic carbocycles. The smallest absolute Gasteiger partial charge is 0.305 e. The number of carboxylic acids is 1. The number of rotatable bonds is 8. The van der Waals surface area contributed by atoms with Crippen molar-refractivity contribution in [2.75, 3.05) is 19.7 Å². The molecule has 7 nitrogen and oxygen atoms in total. The van der Waals surface area contributed by atoms with Crippen LogP contribution in [-0.2, 0) is 22.6 Å². The predicted octanol–water partition coefficient (Wildman–Crippen LogP) is 1.14. The number of hydrogen-bond donors (Lipinski definition) is 1. The molecule has 0 saturated carbocycles. The Morgan fingerprint density at radius 2 is 2.24 bits per heavy atom. The van der Waals surface area contributed by atoms with E-state index < -0.39 is 5.97 Å². The molecule has 0 aromatic carbocycles. The van der Waals surface area contributed by atoms with Crippen molar-refractivity contribution in [1.82, 2.24) is 19.7 Å². The average Bonchev–Trinajstić information content (AvgIpc) is 2.88. The lowest BCUT2D eigenvalue weighted by atomic mass is 10.1. The van der Waals surface area contributed by atoms with Crippen molar-refractivity contribution in [2.45, 2.75) is 51.8 Å². The van der Waals surface area contributed by atoms with Crippen LogP contribution in [0.4, 0.5) is 0 Å². The summed E-state index contributed by atoms with van der Waals surface area (Å²) >= 11 is 0. The second kappa shape index (κ2) is 8.09. The Bertz CT molecular complexity index is 441. The van der Waals surface area contributed by atoms with Crippen LogP contribution >= 0.6 is 0 Å². The fourth-order valence-corrected chi connectivity index (χ4v) is 2.56. The minimum atomic E-state index is -0.803. The molecule has 2 rings (SSSR count). The first-order chi connectivity index (χ1) is 10.2. The van der Waals surface area contributed by atoms with Gasteiger partial charge in [-0.2, -0.15) is 5.10 Å². The lowest BCUT2D eigenvalue weighted by Crippen LogP contribution is -2.37. The van der Waals surface area contributed by atoms with Gasteiger partial charge in [0.1, 0.15) is 12.2 Å². The van der Waals surface area contributed by atoms with Gasteiger partial charge in [0.2, 0.25) is 0 Å². The summed E-state index contributed by atoms with van der Waals surface area (Å²) in [5.74, 6) is 0.213. The third-order valence-corrected chi connectivity index (χ3v) is 3.70. The summed E-state index contributed by atoms with van der Waals surface area (Å²) in [5.41, 5.74) is 0. The summed E-state index contributed by atoms with van der Waals surface area (Å²) < 4.78 is 7.57. The van der Waals surface area contributed by atoms with Crippen molar-refractivity contribution in [2.24, 2.45) is 0 Å². The molecule has 0 amide bonds. The molecule has 1 aromatic rings. The second-order valence-electron chi connectivity index (χ2n) is 5.39. The number of ether oxygens (including phenoxy) is 1. The molecule has 7 heteroatoms. The molecule has 1 aliphatic rings. The quantitative estimate of drug-likeness (QED) is 0.775. The molecule has 0 unspecified atom stereocenters. The highest BCUT2D eigenvalue weighted by Crippen LogP contribution is 2.15. The van der Waals surface area contributed by atoms with Crippen LogP contribution in [0.5, 0.6) is 0 Å². The molecule has 0 bridgehead atoms. The summed E-state index contributed by atoms with van der Waals surface area (Å²) in [5, 5.41) is 12.8. The fraction of sp³-hybridized carbons (Fsp3) is 0.786. The van der Waals surface area contributed by atoms with E-state index in [0.29, 0.717) is 6.61 Å². The maximum absolute atomic E-state index is 10.5. The monoisotopic (exact) mass is 296 g/mol. The normalized spacial score (nSPS) is 17.2. The van der Waals surface area contributed by atoms with Crippen molar-refractivity contribution < 1.29 is 14.6 Å². The first-order valence-electron chi connectivity index (χ1n) is 7.61. The summed E-state index contributed by atoms with van der Waals surface area (Å²) in [4.78, 5) is 17.1. The van der Waals surface area contributed by atoms with Crippen molar-refractivity contribution in [1.29, 1.82) is 0 Å². The highest BCUT2D eigenvalue weighted by atomic mass is 16.5. The third kappa shape index (κ3) is 5.09. The SMILES string of the molecule is CCCn1ncnc1CN1CCC(OCCC(=O)O)CC1. The van der Waals surface area contributed by atoms with Gasteiger partial charge in [-0.1, -0.05) is 6.92 Å². The summed E-state index contributed by atoms with van der Waals surface area (Å²) in [6, 6.07) is 0. The molecule has 0 atom stereocenters. The van der Waals surface area contributed by atoms with Crippen molar-refractivity contribution in [3.8, 4) is 0 Å². The molecule has 118 valence electrons. The Kier molecular flexibility index (Phi) is 6.13. The van der Waals surface area contributed by atoms with Crippen LogP contribution in [0.15, 0.2) is 6.33 Å². The van der Waals surface area contributed by atoms with Crippen LogP contribution in [-0.4, -0.2) is 56.5 Å². The standard InChI is InChI=1S/C14H24N4O3/c1-2-6-18-13(15-11-16-18)10-17-7-3-12(4-8-17)21-9-5-14(19)20/h11-12H,2-10H2,1H3,(H,19,20). The number of likely N-dealkylation sites (tertiary alicyclic amines) is 1. The Morgan fingerprint density at radius 1 is 1.48 bits per heavy atom. The molecule has 1 saturated heterocycles. The Hall–Kier alpha value is -1.47. The minimum absolute atomic E-state index is 0.0837. The molecule has 1 N–H and O–H groups in total. The fourth-order valence-electron chi connectivity index (χ4n) is 2.56. The van der Waals surface area contributed by atoms with Crippen LogP contribution in [0.1, 0.15) is 38.4 Å². The van der Waals surface area contributed by atoms with Crippen LogP contribution in [0.3, 0.4) is 0 Å². The zero-order chi connectivity index (χ0) is 15.1. The van der Waals surface area contributed by atoms with Gasteiger partial charge < -0.3 is 9.84 Å². The third-order valence-electron chi connectivity index (χ3n) is 3.70. The van der Waals surface area contributed by atoms with E-state index in [9.17, 15) is 4.79 Å². The molecule has 2 heterocycles. The zero-order valence-corrected chi connectivity index (χ0v) is 12.6. The van der Waals surface area contributed by atoms with Crippen molar-refractivity contribution >= 4 is 5.97 Å². The largest absolute Gasteiger partial charge is 0.481 e. The molecule has 1 aromatic heterocycles. The van der Waals surface area contributed by atoms with Gasteiger partial charge in [-0.05, 0) is 19.3 Å². The summed E-state index contributed by atoms with van der Waals surface area (Å²) in [7, 11) is 0. The van der Waals surface area contributed by atoms with E-state index in [0.717, 1.165) is 51.3 Å². The number of aromatic nitrogens is 3. The first-order valence-corrected chi connectivity index (χ1v) is 7.61. The van der Waals surface area contributed by atoms with Gasteiger partial charge in [0.15, 0.2) is 0 Å². The van der Waals surface area contributed by atoms with Crippen LogP contribution < -0.4 is 0 Å². The Labute approximate surface area is 124 Å². The number of carbonyl (C=O) groups is 1. The van der Waals surface area contributed by atoms with Crippen LogP contribution in [0.2, 0.25) is 0 Å². The summed E-state index contributed by atoms with van der Waals surface area (Å²) in [6.07, 6.45) is 4.83. The predicted molar refractivity (Wildman–Crippen MR) is 76.8 cm³/mol. The topological polar surface area (TPSA) is 80.5 Å². The van der Waals surface area contributed by atoms with Gasteiger partial charge in [0.05, 0.1) is 25.7 Å². The van der Waals surface area contributed by atoms with Gasteiger partial charge in [-0.25, -0.2) is 9.67 Å². The highest BCUT2D eigenvalue weighted by Gasteiger charge is 2.21. The van der Waals surface area contributed by atoms with E-state index >= 15 is 0 Å². The zero-order valence-electron chi connectivity index (χ0n) is 12.6. The molecular weight excluding hydrogens is 272 g/mol. The van der Waals surface area contributed by atoms with E-state index in [4.69, 9.17) is 9.84 Å². The average molecular weight is 296 g/mol. The number of aliphatic carboxylic acids is 1. The lowest BCUT2D eigenvalue weighted by molar-refractivity contribution is -0.138. The number of carboxylic acid groups (broad SMARTS) is 1. The number of nitrogens with zero attached hydrogens (tertiary/aromatic N) is 4. The maximum Gasteiger partial charge on any atom is 0.305 e.